The van der Waals surface area contributed by atoms with Gasteiger partial charge in [-0.05, 0) is 101 Å². The summed E-state index contributed by atoms with van der Waals surface area (Å²) >= 11 is 0. The first kappa shape index (κ1) is 30.9. The molecule has 34 heavy (non-hydrogen) atoms. The van der Waals surface area contributed by atoms with E-state index in [4.69, 9.17) is 0 Å². The first-order chi connectivity index (χ1) is 16.1. The van der Waals surface area contributed by atoms with Crippen molar-refractivity contribution in [3.05, 3.63) is 34.9 Å². The van der Waals surface area contributed by atoms with Crippen LogP contribution in [0.2, 0.25) is 0 Å². The highest BCUT2D eigenvalue weighted by molar-refractivity contribution is 5.81. The zero-order valence-electron chi connectivity index (χ0n) is 24.6. The van der Waals surface area contributed by atoms with Gasteiger partial charge < -0.3 is 0 Å². The molecule has 0 spiro atoms. The van der Waals surface area contributed by atoms with Gasteiger partial charge in [-0.2, -0.15) is 0 Å². The molecule has 2 rings (SSSR count). The Bertz CT molecular complexity index is 704. The summed E-state index contributed by atoms with van der Waals surface area (Å²) in [5, 5.41) is 0. The van der Waals surface area contributed by atoms with Crippen LogP contribution in [0.25, 0.3) is 0 Å². The number of ketones is 1. The standard InChI is InChI=1S/C31H52O.C2H6/c1-9-27(14-11-10-13-22(2)3)31(8)20-19-24(5)30(26(31)7)16-12-15-29-23(4)17-18-28(32)21-25(29)6;1-2/h12-13,16,23-24,26-27,30H,9-11,14-15,17-21H2,1-8H3;1-2H3/t23?,24-,26-,27?,30?,31?;/m0./s1. The van der Waals surface area contributed by atoms with Crippen LogP contribution < -0.4 is 0 Å². The third-order valence-electron chi connectivity index (χ3n) is 9.31. The van der Waals surface area contributed by atoms with Crippen molar-refractivity contribution in [3.63, 3.8) is 0 Å². The van der Waals surface area contributed by atoms with Gasteiger partial charge in [-0.25, -0.2) is 0 Å². The molecule has 0 aliphatic heterocycles. The van der Waals surface area contributed by atoms with Gasteiger partial charge in [0.1, 0.15) is 5.78 Å². The molecular formula is C33H58O. The molecule has 0 bridgehead atoms. The van der Waals surface area contributed by atoms with Crippen molar-refractivity contribution in [3.8, 4) is 0 Å². The van der Waals surface area contributed by atoms with Gasteiger partial charge in [0.2, 0.25) is 0 Å². The molecule has 0 heterocycles. The van der Waals surface area contributed by atoms with E-state index in [2.05, 4.69) is 73.6 Å². The lowest BCUT2D eigenvalue weighted by molar-refractivity contribution is -0.118. The van der Waals surface area contributed by atoms with Crippen LogP contribution in [0.3, 0.4) is 0 Å². The fourth-order valence-electron chi connectivity index (χ4n) is 6.78. The Morgan fingerprint density at radius 3 is 2.44 bits per heavy atom. The smallest absolute Gasteiger partial charge is 0.136 e. The van der Waals surface area contributed by atoms with Crippen LogP contribution >= 0.6 is 0 Å². The van der Waals surface area contributed by atoms with Gasteiger partial charge in [-0.15, -0.1) is 0 Å². The van der Waals surface area contributed by atoms with Crippen LogP contribution in [0.15, 0.2) is 34.9 Å². The zero-order valence-corrected chi connectivity index (χ0v) is 24.6. The van der Waals surface area contributed by atoms with Crippen molar-refractivity contribution in [2.24, 2.45) is 35.0 Å². The van der Waals surface area contributed by atoms with Crippen molar-refractivity contribution in [1.82, 2.24) is 0 Å². The molecule has 1 fully saturated rings. The van der Waals surface area contributed by atoms with Crippen LogP contribution in [0.4, 0.5) is 0 Å². The number of carbonyl (C=O) groups is 1. The normalized spacial score (nSPS) is 31.1. The molecule has 0 saturated heterocycles. The van der Waals surface area contributed by atoms with E-state index in [1.807, 2.05) is 13.8 Å². The van der Waals surface area contributed by atoms with E-state index in [1.54, 1.807) is 0 Å². The predicted octanol–water partition coefficient (Wildman–Crippen LogP) is 10.5. The van der Waals surface area contributed by atoms with Gasteiger partial charge in [0.05, 0.1) is 0 Å². The van der Waals surface area contributed by atoms with Gasteiger partial charge in [0.25, 0.3) is 0 Å². The van der Waals surface area contributed by atoms with Crippen LogP contribution in [0, 0.1) is 35.0 Å². The predicted molar refractivity (Wildman–Crippen MR) is 152 cm³/mol. The SMILES string of the molecule is CC.CCC(CCCC=C(C)C)C1(C)CC[C@H](C)C(C=CCC2=C(C)CC(=O)CCC2C)[C@@H]1C. The average Bonchev–Trinajstić information content (AvgIpc) is 2.92. The Kier molecular flexibility index (Phi) is 13.7. The number of hydrogen-bond donors (Lipinski definition) is 0. The highest BCUT2D eigenvalue weighted by Crippen LogP contribution is 2.53. The molecule has 0 radical (unpaired) electrons. The lowest BCUT2D eigenvalue weighted by atomic mass is 9.54. The van der Waals surface area contributed by atoms with Crippen molar-refractivity contribution < 1.29 is 4.79 Å². The fraction of sp³-hybridized carbons (Fsp3) is 0.788. The number of allylic oxidation sites excluding steroid dienone is 6. The fourth-order valence-corrected chi connectivity index (χ4v) is 6.78. The summed E-state index contributed by atoms with van der Waals surface area (Å²) in [7, 11) is 0. The summed E-state index contributed by atoms with van der Waals surface area (Å²) in [5.74, 6) is 3.95. The molecule has 0 aromatic heterocycles. The van der Waals surface area contributed by atoms with Crippen molar-refractivity contribution in [1.29, 1.82) is 0 Å². The quantitative estimate of drug-likeness (QED) is 0.242. The number of hydrogen-bond acceptors (Lipinski definition) is 1. The molecule has 6 atom stereocenters. The number of rotatable bonds is 9. The summed E-state index contributed by atoms with van der Waals surface area (Å²) in [6.45, 7) is 23.0. The first-order valence-electron chi connectivity index (χ1n) is 14.6. The van der Waals surface area contributed by atoms with Crippen LogP contribution in [0.1, 0.15) is 133 Å². The second-order valence-electron chi connectivity index (χ2n) is 11.8. The Hall–Kier alpha value is -1.11. The number of carbonyl (C=O) groups excluding carboxylic acids is 1. The van der Waals surface area contributed by atoms with Crippen molar-refractivity contribution >= 4 is 5.78 Å². The molecule has 4 unspecified atom stereocenters. The summed E-state index contributed by atoms with van der Waals surface area (Å²) in [5.41, 5.74) is 4.75. The van der Waals surface area contributed by atoms with E-state index < -0.39 is 0 Å². The molecule has 0 amide bonds. The van der Waals surface area contributed by atoms with E-state index in [0.29, 0.717) is 29.5 Å². The maximum Gasteiger partial charge on any atom is 0.136 e. The number of Topliss-reactive ketones (excluding diaryl/α,β-unsaturated/α-hetero) is 1. The summed E-state index contributed by atoms with van der Waals surface area (Å²) in [6.07, 6.45) is 18.9. The lowest BCUT2D eigenvalue weighted by Gasteiger charge is -2.51. The van der Waals surface area contributed by atoms with E-state index in [9.17, 15) is 4.79 Å². The highest BCUT2D eigenvalue weighted by Gasteiger charge is 2.45. The van der Waals surface area contributed by atoms with Crippen LogP contribution in [-0.2, 0) is 4.79 Å². The maximum atomic E-state index is 12.0. The van der Waals surface area contributed by atoms with E-state index in [0.717, 1.165) is 37.0 Å². The second kappa shape index (κ2) is 15.1. The van der Waals surface area contributed by atoms with E-state index >= 15 is 0 Å². The molecule has 0 N–H and O–H groups in total. The molecule has 1 saturated carbocycles. The summed E-state index contributed by atoms with van der Waals surface area (Å²) in [6, 6.07) is 0. The Labute approximate surface area is 214 Å². The summed E-state index contributed by atoms with van der Waals surface area (Å²) in [4.78, 5) is 12.0. The monoisotopic (exact) mass is 470 g/mol. The molecule has 196 valence electrons. The number of unbranched alkanes of at least 4 members (excludes halogenated alkanes) is 1. The largest absolute Gasteiger partial charge is 0.299 e. The average molecular weight is 471 g/mol. The van der Waals surface area contributed by atoms with E-state index in [-0.39, 0.29) is 0 Å². The minimum absolute atomic E-state index is 0.425. The highest BCUT2D eigenvalue weighted by atomic mass is 16.1. The van der Waals surface area contributed by atoms with Gasteiger partial charge >= 0.3 is 0 Å². The summed E-state index contributed by atoms with van der Waals surface area (Å²) < 4.78 is 0. The zero-order chi connectivity index (χ0) is 25.9. The molecule has 0 aromatic carbocycles. The first-order valence-corrected chi connectivity index (χ1v) is 14.6. The van der Waals surface area contributed by atoms with Crippen LogP contribution in [-0.4, -0.2) is 5.78 Å². The topological polar surface area (TPSA) is 17.1 Å². The second-order valence-corrected chi connectivity index (χ2v) is 11.8. The molecule has 2 aliphatic carbocycles. The molecular weight excluding hydrogens is 412 g/mol. The van der Waals surface area contributed by atoms with Gasteiger partial charge in [-0.1, -0.05) is 89.8 Å². The molecule has 1 heteroatoms. The third-order valence-corrected chi connectivity index (χ3v) is 9.31. The Balaban J connectivity index is 0.00000281. The molecule has 1 nitrogen and oxygen atoms in total. The minimum atomic E-state index is 0.425. The van der Waals surface area contributed by atoms with Gasteiger partial charge in [0.15, 0.2) is 0 Å². The van der Waals surface area contributed by atoms with Crippen molar-refractivity contribution in [2.45, 2.75) is 133 Å². The Morgan fingerprint density at radius 1 is 1.15 bits per heavy atom. The van der Waals surface area contributed by atoms with E-state index in [1.165, 1.54) is 55.2 Å². The van der Waals surface area contributed by atoms with Crippen LogP contribution in [0.5, 0.6) is 0 Å². The van der Waals surface area contributed by atoms with Gasteiger partial charge in [-0.3, -0.25) is 4.79 Å². The minimum Gasteiger partial charge on any atom is -0.299 e. The third kappa shape index (κ3) is 8.53. The lowest BCUT2D eigenvalue weighted by Crippen LogP contribution is -2.43. The van der Waals surface area contributed by atoms with Gasteiger partial charge in [0, 0.05) is 12.8 Å². The Morgan fingerprint density at radius 2 is 1.82 bits per heavy atom. The molecule has 0 aromatic rings. The van der Waals surface area contributed by atoms with Crippen molar-refractivity contribution in [2.75, 3.05) is 0 Å². The maximum absolute atomic E-state index is 12.0. The molecule has 2 aliphatic rings.